The quantitative estimate of drug-likeness (QED) is 0.757. The number of anilines is 1. The fourth-order valence-electron chi connectivity index (χ4n) is 2.35. The molecule has 19 heavy (non-hydrogen) atoms. The molecule has 0 spiro atoms. The fourth-order valence-corrected chi connectivity index (χ4v) is 2.35. The molecule has 0 aliphatic heterocycles. The average molecular weight is 264 g/mol. The van der Waals surface area contributed by atoms with E-state index in [0.717, 1.165) is 25.9 Å². The van der Waals surface area contributed by atoms with Crippen molar-refractivity contribution in [2.24, 2.45) is 0 Å². The van der Waals surface area contributed by atoms with Crippen LogP contribution in [0, 0.1) is 6.92 Å². The zero-order chi connectivity index (χ0) is 14.3. The van der Waals surface area contributed by atoms with Crippen molar-refractivity contribution in [3.63, 3.8) is 0 Å². The van der Waals surface area contributed by atoms with Gasteiger partial charge in [-0.05, 0) is 50.9 Å². The van der Waals surface area contributed by atoms with E-state index in [4.69, 9.17) is 0 Å². The number of hydrogen-bond donors (Lipinski definition) is 2. The predicted molar refractivity (Wildman–Crippen MR) is 82.9 cm³/mol. The second-order valence-corrected chi connectivity index (χ2v) is 5.61. The normalized spacial score (nSPS) is 14.2. The van der Waals surface area contributed by atoms with Crippen LogP contribution in [0.2, 0.25) is 0 Å². The summed E-state index contributed by atoms with van der Waals surface area (Å²) in [6, 6.07) is 8.56. The van der Waals surface area contributed by atoms with Crippen molar-refractivity contribution in [1.29, 1.82) is 0 Å². The Morgan fingerprint density at radius 3 is 2.68 bits per heavy atom. The number of aryl methyl sites for hydroxylation is 1. The van der Waals surface area contributed by atoms with Gasteiger partial charge in [-0.3, -0.25) is 0 Å². The highest BCUT2D eigenvalue weighted by Crippen LogP contribution is 2.17. The molecule has 0 fully saturated rings. The molecule has 3 nitrogen and oxygen atoms in total. The summed E-state index contributed by atoms with van der Waals surface area (Å²) in [7, 11) is 2.12. The number of likely N-dealkylation sites (N-methyl/N-ethyl adjacent to an activating group) is 1. The lowest BCUT2D eigenvalue weighted by molar-refractivity contribution is 0.166. The molecule has 2 N–H and O–H groups in total. The predicted octanol–water partition coefficient (Wildman–Crippen LogP) is 2.57. The highest BCUT2D eigenvalue weighted by Gasteiger charge is 2.21. The molecular weight excluding hydrogens is 236 g/mol. The maximum atomic E-state index is 9.46. The molecule has 0 bridgehead atoms. The van der Waals surface area contributed by atoms with Crippen LogP contribution in [0.25, 0.3) is 0 Å². The highest BCUT2D eigenvalue weighted by molar-refractivity contribution is 5.47. The summed E-state index contributed by atoms with van der Waals surface area (Å²) in [6.45, 7) is 8.37. The maximum absolute atomic E-state index is 9.46. The van der Waals surface area contributed by atoms with Crippen LogP contribution < -0.4 is 10.2 Å². The molecule has 0 saturated heterocycles. The van der Waals surface area contributed by atoms with Crippen LogP contribution in [0.1, 0.15) is 32.3 Å². The van der Waals surface area contributed by atoms with Gasteiger partial charge in [0.15, 0.2) is 0 Å². The van der Waals surface area contributed by atoms with Crippen molar-refractivity contribution < 1.29 is 5.11 Å². The van der Waals surface area contributed by atoms with Crippen molar-refractivity contribution in [2.75, 3.05) is 31.6 Å². The van der Waals surface area contributed by atoms with Crippen molar-refractivity contribution in [3.05, 3.63) is 29.8 Å². The fraction of sp³-hybridized carbons (Fsp3) is 0.625. The molecule has 108 valence electrons. The van der Waals surface area contributed by atoms with E-state index in [1.807, 2.05) is 0 Å². The van der Waals surface area contributed by atoms with Crippen molar-refractivity contribution >= 4 is 5.69 Å². The summed E-state index contributed by atoms with van der Waals surface area (Å²) in [5, 5.41) is 12.8. The minimum Gasteiger partial charge on any atom is -0.394 e. The molecule has 1 aromatic rings. The van der Waals surface area contributed by atoms with Gasteiger partial charge >= 0.3 is 0 Å². The number of aliphatic hydroxyl groups is 1. The van der Waals surface area contributed by atoms with E-state index in [2.05, 4.69) is 62.3 Å². The molecule has 1 atom stereocenters. The second kappa shape index (κ2) is 7.51. The third-order valence-corrected chi connectivity index (χ3v) is 3.62. The summed E-state index contributed by atoms with van der Waals surface area (Å²) in [5.74, 6) is 0. The molecule has 0 aromatic heterocycles. The van der Waals surface area contributed by atoms with Crippen molar-refractivity contribution in [3.8, 4) is 0 Å². The number of nitrogens with one attached hydrogen (secondary N) is 1. The summed E-state index contributed by atoms with van der Waals surface area (Å²) in [6.07, 6.45) is 2.04. The Labute approximate surface area is 117 Å². The van der Waals surface area contributed by atoms with Gasteiger partial charge < -0.3 is 15.3 Å². The molecule has 0 aliphatic carbocycles. The van der Waals surface area contributed by atoms with Gasteiger partial charge in [-0.25, -0.2) is 0 Å². The van der Waals surface area contributed by atoms with Crippen molar-refractivity contribution in [1.82, 2.24) is 5.32 Å². The molecule has 0 radical (unpaired) electrons. The lowest BCUT2D eigenvalue weighted by Crippen LogP contribution is -2.46. The van der Waals surface area contributed by atoms with E-state index in [-0.39, 0.29) is 12.1 Å². The largest absolute Gasteiger partial charge is 0.394 e. The minimum atomic E-state index is -0.151. The van der Waals surface area contributed by atoms with Gasteiger partial charge in [-0.15, -0.1) is 0 Å². The Morgan fingerprint density at radius 2 is 2.11 bits per heavy atom. The zero-order valence-electron chi connectivity index (χ0n) is 12.7. The van der Waals surface area contributed by atoms with Gasteiger partial charge in [0.05, 0.1) is 6.61 Å². The lowest BCUT2D eigenvalue weighted by atomic mass is 9.96. The van der Waals surface area contributed by atoms with E-state index in [0.29, 0.717) is 0 Å². The number of hydrogen-bond acceptors (Lipinski definition) is 3. The first-order chi connectivity index (χ1) is 9.00. The number of rotatable bonds is 8. The van der Waals surface area contributed by atoms with Gasteiger partial charge in [0.25, 0.3) is 0 Å². The van der Waals surface area contributed by atoms with E-state index in [1.54, 1.807) is 0 Å². The van der Waals surface area contributed by atoms with Crippen LogP contribution in [0.3, 0.4) is 0 Å². The van der Waals surface area contributed by atoms with Gasteiger partial charge in [-0.2, -0.15) is 0 Å². The monoisotopic (exact) mass is 264 g/mol. The van der Waals surface area contributed by atoms with E-state index >= 15 is 0 Å². The van der Waals surface area contributed by atoms with Crippen LogP contribution in [0.15, 0.2) is 24.3 Å². The molecule has 1 unspecified atom stereocenters. The Balaban J connectivity index is 2.44. The maximum Gasteiger partial charge on any atom is 0.0610 e. The van der Waals surface area contributed by atoms with Crippen LogP contribution in [-0.2, 0) is 0 Å². The summed E-state index contributed by atoms with van der Waals surface area (Å²) in [5.41, 5.74) is 2.40. The summed E-state index contributed by atoms with van der Waals surface area (Å²) in [4.78, 5) is 2.27. The van der Waals surface area contributed by atoms with Crippen LogP contribution >= 0.6 is 0 Å². The van der Waals surface area contributed by atoms with Crippen LogP contribution in [0.4, 0.5) is 5.69 Å². The molecular formula is C16H28N2O. The molecule has 0 heterocycles. The zero-order valence-corrected chi connectivity index (χ0v) is 12.7. The number of nitrogens with zero attached hydrogens (tertiary/aromatic N) is 1. The number of benzene rings is 1. The SMILES string of the molecule is CCNC(C)(CO)CCCN(C)c1cccc(C)c1. The van der Waals surface area contributed by atoms with Crippen molar-refractivity contribution in [2.45, 2.75) is 39.2 Å². The van der Waals surface area contributed by atoms with E-state index < -0.39 is 0 Å². The smallest absolute Gasteiger partial charge is 0.0610 e. The van der Waals surface area contributed by atoms with Gasteiger partial charge in [0.1, 0.15) is 0 Å². The standard InChI is InChI=1S/C16H28N2O/c1-5-17-16(3,13-19)10-7-11-18(4)15-9-6-8-14(2)12-15/h6,8-9,12,17,19H,5,7,10-11,13H2,1-4H3. The Kier molecular flexibility index (Phi) is 6.32. The topological polar surface area (TPSA) is 35.5 Å². The Bertz CT molecular complexity index is 381. The highest BCUT2D eigenvalue weighted by atomic mass is 16.3. The lowest BCUT2D eigenvalue weighted by Gasteiger charge is -2.29. The third kappa shape index (κ3) is 5.21. The van der Waals surface area contributed by atoms with Gasteiger partial charge in [-0.1, -0.05) is 19.1 Å². The Morgan fingerprint density at radius 1 is 1.37 bits per heavy atom. The molecule has 1 rings (SSSR count). The molecule has 0 amide bonds. The average Bonchev–Trinajstić information content (AvgIpc) is 2.39. The minimum absolute atomic E-state index is 0.151. The first-order valence-corrected chi connectivity index (χ1v) is 7.14. The summed E-state index contributed by atoms with van der Waals surface area (Å²) < 4.78 is 0. The molecule has 3 heteroatoms. The first kappa shape index (κ1) is 16.0. The molecule has 1 aromatic carbocycles. The third-order valence-electron chi connectivity index (χ3n) is 3.62. The number of aliphatic hydroxyl groups excluding tert-OH is 1. The second-order valence-electron chi connectivity index (χ2n) is 5.61. The van der Waals surface area contributed by atoms with Crippen LogP contribution in [0.5, 0.6) is 0 Å². The Hall–Kier alpha value is -1.06. The van der Waals surface area contributed by atoms with Gasteiger partial charge in [0, 0.05) is 24.8 Å². The summed E-state index contributed by atoms with van der Waals surface area (Å²) >= 11 is 0. The van der Waals surface area contributed by atoms with E-state index in [1.165, 1.54) is 11.3 Å². The first-order valence-electron chi connectivity index (χ1n) is 7.14. The van der Waals surface area contributed by atoms with Crippen LogP contribution in [-0.4, -0.2) is 37.4 Å². The van der Waals surface area contributed by atoms with E-state index in [9.17, 15) is 5.11 Å². The molecule has 0 aliphatic rings. The van der Waals surface area contributed by atoms with Gasteiger partial charge in [0.2, 0.25) is 0 Å². The molecule has 0 saturated carbocycles.